The molecule has 1 aliphatic rings. The molecular weight excluding hydrogens is 334 g/mol. The van der Waals surface area contributed by atoms with Gasteiger partial charge in [-0.25, -0.2) is 0 Å². The fraction of sp³-hybridized carbons (Fsp3) is 0.263. The predicted molar refractivity (Wildman–Crippen MR) is 101 cm³/mol. The van der Waals surface area contributed by atoms with Crippen LogP contribution in [0.4, 0.5) is 5.69 Å². The highest BCUT2D eigenvalue weighted by atomic mass is 32.2. The molecule has 0 saturated carbocycles. The van der Waals surface area contributed by atoms with Crippen LogP contribution in [0.1, 0.15) is 22.3 Å². The molecule has 25 heavy (non-hydrogen) atoms. The lowest BCUT2D eigenvalue weighted by atomic mass is 10.1. The first-order valence-corrected chi connectivity index (χ1v) is 9.26. The van der Waals surface area contributed by atoms with E-state index in [1.807, 2.05) is 47.4 Å². The molecule has 1 heterocycles. The standard InChI is InChI=1S/C19H21N3O2S/c20-9-4-10-22(12-14-5-2-1-3-6-14)19(24)15-7-8-17-16(11-15)21-18(23)13-25-17/h1-3,5-8,11H,4,9-10,12-13,20H2,(H,21,23). The number of thioether (sulfide) groups is 1. The van der Waals surface area contributed by atoms with E-state index in [9.17, 15) is 9.59 Å². The van der Waals surface area contributed by atoms with Crippen molar-refractivity contribution < 1.29 is 9.59 Å². The summed E-state index contributed by atoms with van der Waals surface area (Å²) in [6, 6.07) is 15.4. The number of nitrogens with zero attached hydrogens (tertiary/aromatic N) is 1. The highest BCUT2D eigenvalue weighted by molar-refractivity contribution is 8.00. The molecule has 1 aliphatic heterocycles. The monoisotopic (exact) mass is 355 g/mol. The molecule has 0 spiro atoms. The van der Waals surface area contributed by atoms with Crippen LogP contribution in [-0.4, -0.2) is 35.6 Å². The molecular formula is C19H21N3O2S. The Morgan fingerprint density at radius 1 is 1.20 bits per heavy atom. The molecule has 0 fully saturated rings. The summed E-state index contributed by atoms with van der Waals surface area (Å²) in [4.78, 5) is 27.4. The van der Waals surface area contributed by atoms with Gasteiger partial charge in [0.15, 0.2) is 0 Å². The van der Waals surface area contributed by atoms with Gasteiger partial charge in [-0.3, -0.25) is 9.59 Å². The fourth-order valence-electron chi connectivity index (χ4n) is 2.74. The summed E-state index contributed by atoms with van der Waals surface area (Å²) < 4.78 is 0. The minimum atomic E-state index is -0.0510. The van der Waals surface area contributed by atoms with Crippen molar-refractivity contribution in [1.29, 1.82) is 0 Å². The van der Waals surface area contributed by atoms with E-state index in [-0.39, 0.29) is 11.8 Å². The van der Waals surface area contributed by atoms with Gasteiger partial charge in [-0.15, -0.1) is 11.8 Å². The number of anilines is 1. The van der Waals surface area contributed by atoms with Gasteiger partial charge in [0.25, 0.3) is 5.91 Å². The first kappa shape index (κ1) is 17.5. The Bertz CT molecular complexity index is 765. The molecule has 0 aromatic heterocycles. The number of nitrogens with two attached hydrogens (primary N) is 1. The molecule has 2 aromatic rings. The van der Waals surface area contributed by atoms with E-state index in [0.29, 0.717) is 36.6 Å². The van der Waals surface area contributed by atoms with Crippen LogP contribution in [0.5, 0.6) is 0 Å². The molecule has 0 atom stereocenters. The Morgan fingerprint density at radius 3 is 2.76 bits per heavy atom. The lowest BCUT2D eigenvalue weighted by Gasteiger charge is -2.24. The third-order valence-electron chi connectivity index (χ3n) is 3.99. The van der Waals surface area contributed by atoms with E-state index >= 15 is 0 Å². The number of benzene rings is 2. The van der Waals surface area contributed by atoms with Crippen molar-refractivity contribution in [2.75, 3.05) is 24.2 Å². The SMILES string of the molecule is NCCCN(Cc1ccccc1)C(=O)c1ccc2c(c1)NC(=O)CS2. The number of hydrogen-bond acceptors (Lipinski definition) is 4. The average molecular weight is 355 g/mol. The Morgan fingerprint density at radius 2 is 2.00 bits per heavy atom. The fourth-order valence-corrected chi connectivity index (χ4v) is 3.53. The van der Waals surface area contributed by atoms with E-state index in [1.165, 1.54) is 11.8 Å². The highest BCUT2D eigenvalue weighted by Crippen LogP contribution is 2.32. The van der Waals surface area contributed by atoms with Gasteiger partial charge >= 0.3 is 0 Å². The molecule has 130 valence electrons. The Kier molecular flexibility index (Phi) is 5.73. The molecule has 0 aliphatic carbocycles. The van der Waals surface area contributed by atoms with Crippen molar-refractivity contribution in [3.05, 3.63) is 59.7 Å². The minimum absolute atomic E-state index is 0.0358. The Balaban J connectivity index is 1.81. The minimum Gasteiger partial charge on any atom is -0.334 e. The van der Waals surface area contributed by atoms with E-state index in [1.54, 1.807) is 6.07 Å². The average Bonchev–Trinajstić information content (AvgIpc) is 2.64. The molecule has 2 amide bonds. The van der Waals surface area contributed by atoms with E-state index in [0.717, 1.165) is 16.9 Å². The second-order valence-electron chi connectivity index (χ2n) is 5.90. The van der Waals surface area contributed by atoms with Crippen molar-refractivity contribution >= 4 is 29.3 Å². The van der Waals surface area contributed by atoms with Crippen LogP contribution in [0, 0.1) is 0 Å². The van der Waals surface area contributed by atoms with Crippen LogP contribution in [0.2, 0.25) is 0 Å². The number of rotatable bonds is 6. The quantitative estimate of drug-likeness (QED) is 0.835. The van der Waals surface area contributed by atoms with Crippen molar-refractivity contribution in [2.45, 2.75) is 17.9 Å². The van der Waals surface area contributed by atoms with Crippen molar-refractivity contribution in [3.8, 4) is 0 Å². The lowest BCUT2D eigenvalue weighted by Crippen LogP contribution is -2.32. The third-order valence-corrected chi connectivity index (χ3v) is 5.07. The van der Waals surface area contributed by atoms with Crippen LogP contribution in [-0.2, 0) is 11.3 Å². The lowest BCUT2D eigenvalue weighted by molar-refractivity contribution is -0.113. The topological polar surface area (TPSA) is 75.4 Å². The van der Waals surface area contributed by atoms with Crippen molar-refractivity contribution in [1.82, 2.24) is 4.90 Å². The number of fused-ring (bicyclic) bond motifs is 1. The number of hydrogen-bond donors (Lipinski definition) is 2. The maximum Gasteiger partial charge on any atom is 0.254 e. The normalized spacial score (nSPS) is 13.1. The zero-order valence-corrected chi connectivity index (χ0v) is 14.7. The number of carbonyl (C=O) groups excluding carboxylic acids is 2. The molecule has 0 saturated heterocycles. The van der Waals surface area contributed by atoms with Crippen LogP contribution in [0.3, 0.4) is 0 Å². The summed E-state index contributed by atoms with van der Waals surface area (Å²) in [6.07, 6.45) is 0.746. The zero-order chi connectivity index (χ0) is 17.6. The molecule has 3 rings (SSSR count). The van der Waals surface area contributed by atoms with Crippen molar-refractivity contribution in [2.24, 2.45) is 5.73 Å². The largest absolute Gasteiger partial charge is 0.334 e. The summed E-state index contributed by atoms with van der Waals surface area (Å²) >= 11 is 1.49. The van der Waals surface area contributed by atoms with Crippen LogP contribution >= 0.6 is 11.8 Å². The summed E-state index contributed by atoms with van der Waals surface area (Å²) in [5.41, 5.74) is 8.00. The van der Waals surface area contributed by atoms with E-state index < -0.39 is 0 Å². The second kappa shape index (κ2) is 8.18. The summed E-state index contributed by atoms with van der Waals surface area (Å²) in [7, 11) is 0. The van der Waals surface area contributed by atoms with Gasteiger partial charge in [0, 0.05) is 23.5 Å². The predicted octanol–water partition coefficient (Wildman–Crippen LogP) is 2.72. The Hall–Kier alpha value is -2.31. The molecule has 2 aromatic carbocycles. The first-order chi connectivity index (χ1) is 12.2. The van der Waals surface area contributed by atoms with Gasteiger partial charge in [0.1, 0.15) is 0 Å². The highest BCUT2D eigenvalue weighted by Gasteiger charge is 2.20. The number of amides is 2. The van der Waals surface area contributed by atoms with E-state index in [2.05, 4.69) is 5.32 Å². The van der Waals surface area contributed by atoms with Crippen LogP contribution < -0.4 is 11.1 Å². The van der Waals surface area contributed by atoms with Gasteiger partial charge in [0.05, 0.1) is 11.4 Å². The van der Waals surface area contributed by atoms with Crippen LogP contribution in [0.15, 0.2) is 53.4 Å². The molecule has 3 N–H and O–H groups in total. The molecule has 0 radical (unpaired) electrons. The second-order valence-corrected chi connectivity index (χ2v) is 6.92. The summed E-state index contributed by atoms with van der Waals surface area (Å²) in [5, 5.41) is 2.84. The molecule has 0 bridgehead atoms. The third kappa shape index (κ3) is 4.41. The smallest absolute Gasteiger partial charge is 0.254 e. The van der Waals surface area contributed by atoms with Gasteiger partial charge in [-0.05, 0) is 36.7 Å². The first-order valence-electron chi connectivity index (χ1n) is 8.27. The maximum absolute atomic E-state index is 13.0. The van der Waals surface area contributed by atoms with Crippen molar-refractivity contribution in [3.63, 3.8) is 0 Å². The number of nitrogens with one attached hydrogen (secondary N) is 1. The van der Waals surface area contributed by atoms with Gasteiger partial charge in [0.2, 0.25) is 5.91 Å². The molecule has 6 heteroatoms. The van der Waals surface area contributed by atoms with E-state index in [4.69, 9.17) is 5.73 Å². The maximum atomic E-state index is 13.0. The molecule has 0 unspecified atom stereocenters. The van der Waals surface area contributed by atoms with Crippen LogP contribution in [0.25, 0.3) is 0 Å². The number of carbonyl (C=O) groups is 2. The summed E-state index contributed by atoms with van der Waals surface area (Å²) in [5.74, 6) is 0.327. The summed E-state index contributed by atoms with van der Waals surface area (Å²) in [6.45, 7) is 1.68. The van der Waals surface area contributed by atoms with Gasteiger partial charge in [-0.2, -0.15) is 0 Å². The Labute approximate surface area is 151 Å². The molecule has 5 nitrogen and oxygen atoms in total. The zero-order valence-electron chi connectivity index (χ0n) is 13.9. The van der Waals surface area contributed by atoms with Gasteiger partial charge < -0.3 is 16.0 Å². The van der Waals surface area contributed by atoms with Gasteiger partial charge in [-0.1, -0.05) is 30.3 Å².